The van der Waals surface area contributed by atoms with Crippen molar-refractivity contribution in [1.29, 1.82) is 0 Å². The Hall–Kier alpha value is -1.80. The van der Waals surface area contributed by atoms with E-state index >= 15 is 0 Å². The third-order valence-electron chi connectivity index (χ3n) is 9.61. The molecule has 332 valence electrons. The van der Waals surface area contributed by atoms with Crippen LogP contribution in [0.5, 0.6) is 0 Å². The molecule has 0 rings (SSSR count). The molecule has 2 atom stereocenters. The topological polar surface area (TPSA) is 91.3 Å². The highest BCUT2D eigenvalue weighted by molar-refractivity contribution is 7.47. The number of carbonyl (C=O) groups is 1. The largest absolute Gasteiger partial charge is 0.472 e. The van der Waals surface area contributed by atoms with Gasteiger partial charge in [-0.15, -0.1) is 0 Å². The summed E-state index contributed by atoms with van der Waals surface area (Å²) in [6, 6.07) is 0. The number of unbranched alkanes of at least 4 members (excludes halogenated alkanes) is 18. The summed E-state index contributed by atoms with van der Waals surface area (Å²) in [5.41, 5.74) is 0. The molecule has 0 saturated carbocycles. The van der Waals surface area contributed by atoms with Gasteiger partial charge in [-0.3, -0.25) is 13.8 Å². The van der Waals surface area contributed by atoms with Gasteiger partial charge in [-0.2, -0.15) is 0 Å². The van der Waals surface area contributed by atoms with E-state index in [1.165, 1.54) is 103 Å². The third kappa shape index (κ3) is 45.1. The smallest absolute Gasteiger partial charge is 0.457 e. The van der Waals surface area contributed by atoms with Crippen molar-refractivity contribution >= 4 is 13.8 Å². The summed E-state index contributed by atoms with van der Waals surface area (Å²) in [6.07, 6.45) is 51.4. The minimum Gasteiger partial charge on any atom is -0.457 e. The summed E-state index contributed by atoms with van der Waals surface area (Å²) in [5, 5.41) is 0. The maximum Gasteiger partial charge on any atom is 0.472 e. The molecule has 0 aliphatic heterocycles. The zero-order valence-corrected chi connectivity index (χ0v) is 38.5. The van der Waals surface area contributed by atoms with Gasteiger partial charge in [0.05, 0.1) is 41.0 Å². The number of phosphoric ester groups is 1. The van der Waals surface area contributed by atoms with Gasteiger partial charge in [0.1, 0.15) is 19.3 Å². The summed E-state index contributed by atoms with van der Waals surface area (Å²) in [4.78, 5) is 22.9. The van der Waals surface area contributed by atoms with Crippen LogP contribution >= 0.6 is 7.82 Å². The highest BCUT2D eigenvalue weighted by Gasteiger charge is 2.26. The summed E-state index contributed by atoms with van der Waals surface area (Å²) >= 11 is 0. The minimum absolute atomic E-state index is 0.0743. The normalized spacial score (nSPS) is 14.3. The molecule has 0 radical (unpaired) electrons. The molecule has 2 unspecified atom stereocenters. The molecule has 0 aromatic carbocycles. The number of quaternary nitrogens is 1. The molecular formula is C48H89NO7P+. The maximum atomic E-state index is 12.7. The molecule has 9 heteroatoms. The number of carbonyl (C=O) groups excluding carboxylic acids is 1. The second-order valence-electron chi connectivity index (χ2n) is 16.4. The molecule has 0 aromatic heterocycles. The molecule has 57 heavy (non-hydrogen) atoms. The molecule has 0 heterocycles. The van der Waals surface area contributed by atoms with Crippen LogP contribution in [0.3, 0.4) is 0 Å². The summed E-state index contributed by atoms with van der Waals surface area (Å²) < 4.78 is 34.9. The van der Waals surface area contributed by atoms with Crippen molar-refractivity contribution in [2.45, 2.75) is 187 Å². The van der Waals surface area contributed by atoms with E-state index in [0.717, 1.165) is 51.4 Å². The number of hydrogen-bond acceptors (Lipinski definition) is 6. The predicted molar refractivity (Wildman–Crippen MR) is 242 cm³/mol. The lowest BCUT2D eigenvalue weighted by Crippen LogP contribution is -2.37. The molecule has 0 saturated heterocycles. The van der Waals surface area contributed by atoms with Crippen molar-refractivity contribution in [1.82, 2.24) is 0 Å². The Labute approximate surface area is 351 Å². The first-order valence-corrected chi connectivity index (χ1v) is 24.5. The molecule has 0 aromatic rings. The number of allylic oxidation sites excluding steroid dienone is 9. The number of likely N-dealkylation sites (N-methyl/N-ethyl adjacent to an activating group) is 1. The lowest BCUT2D eigenvalue weighted by molar-refractivity contribution is -0.870. The molecule has 8 nitrogen and oxygen atoms in total. The van der Waals surface area contributed by atoms with Gasteiger partial charge in [-0.1, -0.05) is 190 Å². The van der Waals surface area contributed by atoms with E-state index in [2.05, 4.69) is 74.6 Å². The van der Waals surface area contributed by atoms with Crippen LogP contribution in [-0.2, 0) is 27.9 Å². The maximum absolute atomic E-state index is 12.7. The molecule has 0 fully saturated rings. The van der Waals surface area contributed by atoms with Gasteiger partial charge in [-0.25, -0.2) is 4.57 Å². The van der Waals surface area contributed by atoms with Crippen molar-refractivity contribution in [2.24, 2.45) is 0 Å². The van der Waals surface area contributed by atoms with E-state index in [9.17, 15) is 14.3 Å². The van der Waals surface area contributed by atoms with Crippen LogP contribution in [0.2, 0.25) is 0 Å². The van der Waals surface area contributed by atoms with Crippen LogP contribution in [-0.4, -0.2) is 75.6 Å². The van der Waals surface area contributed by atoms with Gasteiger partial charge in [0.15, 0.2) is 0 Å². The molecule has 0 aliphatic rings. The number of ether oxygens (including phenoxy) is 2. The first kappa shape index (κ1) is 55.2. The van der Waals surface area contributed by atoms with Gasteiger partial charge >= 0.3 is 13.8 Å². The number of nitrogens with zero attached hydrogens (tertiary/aromatic N) is 1. The molecule has 0 spiro atoms. The van der Waals surface area contributed by atoms with E-state index in [-0.39, 0.29) is 25.8 Å². The van der Waals surface area contributed by atoms with Crippen molar-refractivity contribution in [3.05, 3.63) is 60.8 Å². The Morgan fingerprint density at radius 2 is 0.982 bits per heavy atom. The Bertz CT molecular complexity index is 1090. The van der Waals surface area contributed by atoms with E-state index in [1.807, 2.05) is 21.1 Å². The number of hydrogen-bond donors (Lipinski definition) is 1. The molecular weight excluding hydrogens is 734 g/mol. The van der Waals surface area contributed by atoms with Crippen LogP contribution in [0.4, 0.5) is 0 Å². The van der Waals surface area contributed by atoms with Crippen LogP contribution in [0, 0.1) is 0 Å². The fraction of sp³-hybridized carbons (Fsp3) is 0.771. The van der Waals surface area contributed by atoms with Gasteiger partial charge < -0.3 is 18.9 Å². The van der Waals surface area contributed by atoms with Crippen molar-refractivity contribution in [3.63, 3.8) is 0 Å². The molecule has 1 N–H and O–H groups in total. The zero-order chi connectivity index (χ0) is 42.0. The van der Waals surface area contributed by atoms with Gasteiger partial charge in [0.2, 0.25) is 0 Å². The number of esters is 1. The second-order valence-corrected chi connectivity index (χ2v) is 17.9. The minimum atomic E-state index is -4.30. The van der Waals surface area contributed by atoms with Crippen LogP contribution < -0.4 is 0 Å². The molecule has 0 aliphatic carbocycles. The first-order chi connectivity index (χ1) is 27.6. The first-order valence-electron chi connectivity index (χ1n) is 23.0. The number of rotatable bonds is 42. The Kier molecular flexibility index (Phi) is 39.7. The van der Waals surface area contributed by atoms with Gasteiger partial charge in [-0.05, 0) is 44.9 Å². The monoisotopic (exact) mass is 823 g/mol. The quantitative estimate of drug-likeness (QED) is 0.0215. The summed E-state index contributed by atoms with van der Waals surface area (Å²) in [6.45, 7) is 5.29. The van der Waals surface area contributed by atoms with Crippen molar-refractivity contribution in [3.8, 4) is 0 Å². The van der Waals surface area contributed by atoms with Crippen molar-refractivity contribution < 1.29 is 37.3 Å². The Morgan fingerprint density at radius 1 is 0.561 bits per heavy atom. The Balaban J connectivity index is 4.29. The van der Waals surface area contributed by atoms with Crippen LogP contribution in [0.15, 0.2) is 60.8 Å². The second kappa shape index (κ2) is 41.0. The average molecular weight is 823 g/mol. The van der Waals surface area contributed by atoms with E-state index in [1.54, 1.807) is 0 Å². The lowest BCUT2D eigenvalue weighted by Gasteiger charge is -2.24. The van der Waals surface area contributed by atoms with Gasteiger partial charge in [0, 0.05) is 6.42 Å². The molecule has 0 amide bonds. The van der Waals surface area contributed by atoms with Crippen LogP contribution in [0.25, 0.3) is 0 Å². The van der Waals surface area contributed by atoms with Gasteiger partial charge in [0.25, 0.3) is 0 Å². The fourth-order valence-corrected chi connectivity index (χ4v) is 6.83. The SMILES string of the molecule is CC/C=C\C/C=C\C/C=C\C/C=C\C/C=C\CCOCC(COP(=O)(O)OCC[N+](C)(C)C)OC(=O)CCCCCCCCCCCCCCCCCCCCC. The fourth-order valence-electron chi connectivity index (χ4n) is 6.09. The summed E-state index contributed by atoms with van der Waals surface area (Å²) in [5.74, 6) is -0.337. The van der Waals surface area contributed by atoms with E-state index < -0.39 is 13.9 Å². The van der Waals surface area contributed by atoms with Crippen molar-refractivity contribution in [2.75, 3.05) is 54.1 Å². The van der Waals surface area contributed by atoms with E-state index in [4.69, 9.17) is 18.5 Å². The Morgan fingerprint density at radius 3 is 1.42 bits per heavy atom. The molecule has 0 bridgehead atoms. The summed E-state index contributed by atoms with van der Waals surface area (Å²) in [7, 11) is 1.62. The third-order valence-corrected chi connectivity index (χ3v) is 10.6. The average Bonchev–Trinajstić information content (AvgIpc) is 3.16. The standard InChI is InChI=1S/C48H88NO7P/c1-6-8-10-12-14-16-18-20-22-24-25-26-27-29-31-33-35-37-39-41-48(50)56-47(46-55-57(51,52)54-44-42-49(3,4)5)45-53-43-40-38-36-34-32-30-28-23-21-19-17-15-13-11-9-7-2/h9,11,15,17,21,23,30,32,36,38,47H,6-8,10,12-14,16,18-20,22,24-29,31,33-35,37,39-46H2,1-5H3/p+1/b11-9-,17-15-,23-21-,32-30-,38-36-. The lowest BCUT2D eigenvalue weighted by atomic mass is 10.0. The van der Waals surface area contributed by atoms with E-state index in [0.29, 0.717) is 30.5 Å². The zero-order valence-electron chi connectivity index (χ0n) is 37.6. The predicted octanol–water partition coefficient (Wildman–Crippen LogP) is 13.7. The highest BCUT2D eigenvalue weighted by Crippen LogP contribution is 2.43. The highest BCUT2D eigenvalue weighted by atomic mass is 31.2. The van der Waals surface area contributed by atoms with Crippen LogP contribution in [0.1, 0.15) is 181 Å². The number of phosphoric acid groups is 1.